The molecule has 0 amide bonds. The van der Waals surface area contributed by atoms with E-state index in [2.05, 4.69) is 14.0 Å². The summed E-state index contributed by atoms with van der Waals surface area (Å²) in [5.41, 5.74) is 7.66. The number of anilines is 1. The minimum absolute atomic E-state index is 0.114. The quantitative estimate of drug-likeness (QED) is 0.902. The van der Waals surface area contributed by atoms with Crippen LogP contribution in [0.15, 0.2) is 14.8 Å². The van der Waals surface area contributed by atoms with Crippen LogP contribution in [-0.4, -0.2) is 12.6 Å². The van der Waals surface area contributed by atoms with Crippen LogP contribution < -0.4 is 11.1 Å². The molecule has 0 fully saturated rings. The largest absolute Gasteiger partial charge is 0.378 e. The van der Waals surface area contributed by atoms with Gasteiger partial charge in [-0.3, -0.25) is 0 Å². The molecule has 0 saturated heterocycles. The first-order valence-electron chi connectivity index (χ1n) is 4.70. The van der Waals surface area contributed by atoms with E-state index in [1.54, 1.807) is 6.07 Å². The van der Waals surface area contributed by atoms with E-state index in [1.165, 1.54) is 0 Å². The van der Waals surface area contributed by atoms with Gasteiger partial charge in [-0.2, -0.15) is 8.73 Å². The number of nitrogens with two attached hydrogens (primary N) is 1. The summed E-state index contributed by atoms with van der Waals surface area (Å²) in [6.07, 6.45) is 0. The maximum absolute atomic E-state index is 6.12. The first kappa shape index (κ1) is 11.9. The second-order valence-corrected chi connectivity index (χ2v) is 4.80. The van der Waals surface area contributed by atoms with Crippen molar-refractivity contribution < 1.29 is 0 Å². The Morgan fingerprint density at radius 3 is 2.75 bits per heavy atom. The lowest BCUT2D eigenvalue weighted by Gasteiger charge is -2.16. The summed E-state index contributed by atoms with van der Waals surface area (Å²) >= 11 is 13.2. The fourth-order valence-electron chi connectivity index (χ4n) is 1.32. The lowest BCUT2D eigenvalue weighted by Crippen LogP contribution is -2.25. The predicted octanol–water partition coefficient (Wildman–Crippen LogP) is 3.48. The van der Waals surface area contributed by atoms with E-state index in [-0.39, 0.29) is 6.04 Å². The van der Waals surface area contributed by atoms with E-state index in [4.69, 9.17) is 28.9 Å². The Morgan fingerprint density at radius 2 is 2.06 bits per heavy atom. The third-order valence-electron chi connectivity index (χ3n) is 2.19. The van der Waals surface area contributed by atoms with Gasteiger partial charge in [-0.1, -0.05) is 23.2 Å². The average molecular weight is 277 g/mol. The third-order valence-corrected chi connectivity index (χ3v) is 3.30. The SMILES string of the molecule is CC(CN)Nc1c(Cl)cc(Cl)c2c1N=S=N2. The van der Waals surface area contributed by atoms with Crippen LogP contribution in [0.2, 0.25) is 10.0 Å². The topological polar surface area (TPSA) is 62.8 Å². The zero-order valence-corrected chi connectivity index (χ0v) is 10.8. The molecule has 0 saturated carbocycles. The molecule has 2 rings (SSSR count). The van der Waals surface area contributed by atoms with Gasteiger partial charge in [0.2, 0.25) is 0 Å². The summed E-state index contributed by atoms with van der Waals surface area (Å²) in [5.74, 6) is 0. The molecule has 0 aromatic heterocycles. The Labute approximate surface area is 107 Å². The molecule has 1 aliphatic rings. The molecule has 3 N–H and O–H groups in total. The van der Waals surface area contributed by atoms with Crippen LogP contribution in [0.3, 0.4) is 0 Å². The number of nitrogens with zero attached hydrogens (tertiary/aromatic N) is 2. The summed E-state index contributed by atoms with van der Waals surface area (Å²) < 4.78 is 8.31. The molecule has 1 atom stereocenters. The molecule has 1 unspecified atom stereocenters. The van der Waals surface area contributed by atoms with Gasteiger partial charge in [0.15, 0.2) is 0 Å². The third kappa shape index (κ3) is 2.08. The lowest BCUT2D eigenvalue weighted by molar-refractivity contribution is 0.804. The van der Waals surface area contributed by atoms with Gasteiger partial charge in [-0.25, -0.2) is 0 Å². The van der Waals surface area contributed by atoms with E-state index < -0.39 is 0 Å². The highest BCUT2D eigenvalue weighted by atomic mass is 35.5. The number of halogens is 2. The second-order valence-electron chi connectivity index (χ2n) is 3.46. The van der Waals surface area contributed by atoms with Gasteiger partial charge in [0.05, 0.1) is 27.1 Å². The molecule has 16 heavy (non-hydrogen) atoms. The zero-order valence-electron chi connectivity index (χ0n) is 8.50. The van der Waals surface area contributed by atoms with Crippen LogP contribution in [0.4, 0.5) is 17.1 Å². The van der Waals surface area contributed by atoms with Crippen molar-refractivity contribution in [3.05, 3.63) is 16.1 Å². The molecule has 1 aromatic rings. The van der Waals surface area contributed by atoms with E-state index in [0.717, 1.165) is 17.0 Å². The molecule has 1 aromatic carbocycles. The first-order chi connectivity index (χ1) is 7.63. The van der Waals surface area contributed by atoms with Gasteiger partial charge in [-0.15, -0.1) is 0 Å². The molecule has 1 heterocycles. The van der Waals surface area contributed by atoms with Crippen LogP contribution >= 0.6 is 23.2 Å². The summed E-state index contributed by atoms with van der Waals surface area (Å²) in [4.78, 5) is 0. The summed E-state index contributed by atoms with van der Waals surface area (Å²) in [7, 11) is 0. The van der Waals surface area contributed by atoms with Crippen molar-refractivity contribution in [2.45, 2.75) is 13.0 Å². The fraction of sp³-hybridized carbons (Fsp3) is 0.333. The zero-order chi connectivity index (χ0) is 11.7. The number of hydrogen-bond donors (Lipinski definition) is 2. The van der Waals surface area contributed by atoms with Gasteiger partial charge >= 0.3 is 0 Å². The van der Waals surface area contributed by atoms with Crippen LogP contribution in [0.25, 0.3) is 0 Å². The van der Waals surface area contributed by atoms with Crippen LogP contribution in [0.5, 0.6) is 0 Å². The minimum Gasteiger partial charge on any atom is -0.378 e. The molecule has 1 aliphatic heterocycles. The summed E-state index contributed by atoms with van der Waals surface area (Å²) in [6, 6.07) is 1.78. The van der Waals surface area contributed by atoms with Crippen LogP contribution in [0, 0.1) is 0 Å². The van der Waals surface area contributed by atoms with Crippen molar-refractivity contribution in [3.63, 3.8) is 0 Å². The number of fused-ring (bicyclic) bond motifs is 1. The highest BCUT2D eigenvalue weighted by Gasteiger charge is 2.19. The molecule has 0 radical (unpaired) electrons. The molecular weight excluding hydrogens is 267 g/mol. The van der Waals surface area contributed by atoms with Crippen molar-refractivity contribution in [1.29, 1.82) is 0 Å². The van der Waals surface area contributed by atoms with Crippen molar-refractivity contribution >= 4 is 51.6 Å². The van der Waals surface area contributed by atoms with E-state index >= 15 is 0 Å². The van der Waals surface area contributed by atoms with Crippen molar-refractivity contribution in [3.8, 4) is 0 Å². The lowest BCUT2D eigenvalue weighted by atomic mass is 10.2. The molecule has 0 bridgehead atoms. The van der Waals surface area contributed by atoms with E-state index in [0.29, 0.717) is 28.0 Å². The normalized spacial score (nSPS) is 14.5. The molecule has 4 nitrogen and oxygen atoms in total. The monoisotopic (exact) mass is 276 g/mol. The Bertz CT molecular complexity index is 497. The van der Waals surface area contributed by atoms with Gasteiger partial charge in [-0.05, 0) is 13.0 Å². The Balaban J connectivity index is 2.46. The van der Waals surface area contributed by atoms with Gasteiger partial charge < -0.3 is 11.1 Å². The highest BCUT2D eigenvalue weighted by molar-refractivity contribution is 7.58. The van der Waals surface area contributed by atoms with Crippen LogP contribution in [0.1, 0.15) is 6.92 Å². The average Bonchev–Trinajstić information content (AvgIpc) is 2.73. The van der Waals surface area contributed by atoms with E-state index in [9.17, 15) is 0 Å². The number of rotatable bonds is 3. The number of nitrogens with one attached hydrogen (secondary N) is 1. The van der Waals surface area contributed by atoms with Gasteiger partial charge in [0.1, 0.15) is 11.4 Å². The fourth-order valence-corrected chi connectivity index (χ4v) is 2.48. The first-order valence-corrected chi connectivity index (χ1v) is 6.19. The molecule has 0 aliphatic carbocycles. The smallest absolute Gasteiger partial charge is 0.130 e. The predicted molar refractivity (Wildman–Crippen MR) is 70.1 cm³/mol. The maximum atomic E-state index is 6.12. The standard InChI is InChI=1S/C9H10Cl2N4S/c1-4(3-12)13-7-5(10)2-6(11)8-9(7)15-16-14-8/h2,4,13H,3,12H2,1H3. The van der Waals surface area contributed by atoms with Crippen molar-refractivity contribution in [1.82, 2.24) is 0 Å². The number of benzene rings is 1. The van der Waals surface area contributed by atoms with Crippen molar-refractivity contribution in [2.75, 3.05) is 11.9 Å². The highest BCUT2D eigenvalue weighted by Crippen LogP contribution is 2.47. The second kappa shape index (κ2) is 4.71. The van der Waals surface area contributed by atoms with Crippen LogP contribution in [-0.2, 0) is 11.4 Å². The van der Waals surface area contributed by atoms with E-state index in [1.807, 2.05) is 6.92 Å². The number of hydrogen-bond acceptors (Lipinski definition) is 4. The molecule has 7 heteroatoms. The Morgan fingerprint density at radius 1 is 1.38 bits per heavy atom. The van der Waals surface area contributed by atoms with Crippen molar-refractivity contribution in [2.24, 2.45) is 14.5 Å². The minimum atomic E-state index is 0.114. The van der Waals surface area contributed by atoms with Gasteiger partial charge in [0.25, 0.3) is 0 Å². The Kier molecular flexibility index (Phi) is 3.49. The maximum Gasteiger partial charge on any atom is 0.130 e. The summed E-state index contributed by atoms with van der Waals surface area (Å²) in [6.45, 7) is 2.48. The molecular formula is C9H10Cl2N4S. The molecule has 0 spiro atoms. The summed E-state index contributed by atoms with van der Waals surface area (Å²) in [5, 5.41) is 4.25. The molecule has 86 valence electrons. The Hall–Kier alpha value is -0.620. The van der Waals surface area contributed by atoms with Gasteiger partial charge in [0, 0.05) is 12.6 Å².